The third-order valence-corrected chi connectivity index (χ3v) is 3.34. The molecule has 3 nitrogen and oxygen atoms in total. The van der Waals surface area contributed by atoms with E-state index < -0.39 is 0 Å². The van der Waals surface area contributed by atoms with Gasteiger partial charge in [0.1, 0.15) is 0 Å². The van der Waals surface area contributed by atoms with Crippen LogP contribution in [-0.4, -0.2) is 12.1 Å². The first-order valence-electron chi connectivity index (χ1n) is 6.45. The van der Waals surface area contributed by atoms with Crippen LogP contribution in [0.1, 0.15) is 38.2 Å². The molecule has 1 fully saturated rings. The van der Waals surface area contributed by atoms with Gasteiger partial charge in [-0.3, -0.25) is 0 Å². The first kappa shape index (κ1) is 12.0. The van der Waals surface area contributed by atoms with Crippen LogP contribution in [0.25, 0.3) is 0 Å². The normalized spacial score (nSPS) is 15.8. The predicted molar refractivity (Wildman–Crippen MR) is 70.2 cm³/mol. The van der Waals surface area contributed by atoms with Crippen molar-refractivity contribution in [1.29, 1.82) is 0 Å². The number of para-hydroxylation sites is 1. The predicted octanol–water partition coefficient (Wildman–Crippen LogP) is 3.31. The second-order valence-electron chi connectivity index (χ2n) is 4.59. The van der Waals surface area contributed by atoms with E-state index in [1.807, 2.05) is 24.3 Å². The molecule has 2 amide bonds. The lowest BCUT2D eigenvalue weighted by molar-refractivity contribution is 0.248. The fourth-order valence-corrected chi connectivity index (χ4v) is 2.36. The number of carbonyl (C=O) groups is 1. The third kappa shape index (κ3) is 3.22. The fourth-order valence-electron chi connectivity index (χ4n) is 2.36. The highest BCUT2D eigenvalue weighted by molar-refractivity contribution is 5.90. The van der Waals surface area contributed by atoms with E-state index >= 15 is 0 Å². The number of carbonyl (C=O) groups excluding carboxylic acids is 1. The Morgan fingerprint density at radius 2 is 2.00 bits per heavy atom. The second-order valence-corrected chi connectivity index (χ2v) is 4.59. The van der Waals surface area contributed by atoms with Crippen LogP contribution >= 0.6 is 0 Å². The summed E-state index contributed by atoms with van der Waals surface area (Å²) in [4.78, 5) is 11.8. The molecular weight excluding hydrogens is 212 g/mol. The van der Waals surface area contributed by atoms with Crippen LogP contribution in [0, 0.1) is 0 Å². The molecule has 0 aliphatic heterocycles. The number of aryl methyl sites for hydroxylation is 1. The monoisotopic (exact) mass is 232 g/mol. The number of nitrogens with one attached hydrogen (secondary N) is 2. The lowest BCUT2D eigenvalue weighted by Crippen LogP contribution is -2.36. The van der Waals surface area contributed by atoms with E-state index in [2.05, 4.69) is 17.6 Å². The maximum Gasteiger partial charge on any atom is 0.319 e. The molecule has 0 unspecified atom stereocenters. The van der Waals surface area contributed by atoms with Gasteiger partial charge < -0.3 is 10.6 Å². The van der Waals surface area contributed by atoms with Gasteiger partial charge in [-0.1, -0.05) is 38.0 Å². The molecule has 0 spiro atoms. The Kier molecular flexibility index (Phi) is 4.02. The smallest absolute Gasteiger partial charge is 0.319 e. The molecule has 92 valence electrons. The van der Waals surface area contributed by atoms with E-state index in [0.29, 0.717) is 6.04 Å². The van der Waals surface area contributed by atoms with Crippen molar-refractivity contribution >= 4 is 11.7 Å². The summed E-state index contributed by atoms with van der Waals surface area (Å²) >= 11 is 0. The fraction of sp³-hybridized carbons (Fsp3) is 0.500. The zero-order valence-electron chi connectivity index (χ0n) is 10.3. The van der Waals surface area contributed by atoms with Crippen molar-refractivity contribution in [3.63, 3.8) is 0 Å². The second kappa shape index (κ2) is 5.71. The Morgan fingerprint density at radius 3 is 2.71 bits per heavy atom. The van der Waals surface area contributed by atoms with Gasteiger partial charge in [-0.15, -0.1) is 0 Å². The van der Waals surface area contributed by atoms with Crippen LogP contribution in [0.2, 0.25) is 0 Å². The first-order valence-corrected chi connectivity index (χ1v) is 6.45. The first-order chi connectivity index (χ1) is 8.29. The lowest BCUT2D eigenvalue weighted by Gasteiger charge is -2.14. The topological polar surface area (TPSA) is 41.1 Å². The number of anilines is 1. The molecule has 2 N–H and O–H groups in total. The number of hydrogen-bond acceptors (Lipinski definition) is 1. The van der Waals surface area contributed by atoms with E-state index in [0.717, 1.165) is 24.9 Å². The van der Waals surface area contributed by atoms with E-state index in [1.54, 1.807) is 0 Å². The van der Waals surface area contributed by atoms with Crippen molar-refractivity contribution in [3.8, 4) is 0 Å². The molecule has 0 heterocycles. The zero-order chi connectivity index (χ0) is 12.1. The SMILES string of the molecule is CCc1ccccc1NC(=O)NC1CCCC1. The Morgan fingerprint density at radius 1 is 1.29 bits per heavy atom. The standard InChI is InChI=1S/C14H20N2O/c1-2-11-7-3-6-10-13(11)16-14(17)15-12-8-4-5-9-12/h3,6-7,10,12H,2,4-5,8-9H2,1H3,(H2,15,16,17). The number of amides is 2. The Labute approximate surface area is 103 Å². The quantitative estimate of drug-likeness (QED) is 0.824. The van der Waals surface area contributed by atoms with Gasteiger partial charge in [0.25, 0.3) is 0 Å². The van der Waals surface area contributed by atoms with Gasteiger partial charge in [-0.2, -0.15) is 0 Å². The summed E-state index contributed by atoms with van der Waals surface area (Å²) in [7, 11) is 0. The van der Waals surface area contributed by atoms with Gasteiger partial charge in [0, 0.05) is 11.7 Å². The van der Waals surface area contributed by atoms with Crippen molar-refractivity contribution in [2.75, 3.05) is 5.32 Å². The molecule has 1 aliphatic carbocycles. The Bertz CT molecular complexity index is 384. The van der Waals surface area contributed by atoms with E-state index in [4.69, 9.17) is 0 Å². The van der Waals surface area contributed by atoms with Crippen LogP contribution in [-0.2, 0) is 6.42 Å². The van der Waals surface area contributed by atoms with Crippen LogP contribution < -0.4 is 10.6 Å². The molecule has 3 heteroatoms. The largest absolute Gasteiger partial charge is 0.335 e. The van der Waals surface area contributed by atoms with Gasteiger partial charge in [-0.25, -0.2) is 4.79 Å². The summed E-state index contributed by atoms with van der Waals surface area (Å²) in [5.41, 5.74) is 2.10. The summed E-state index contributed by atoms with van der Waals surface area (Å²) in [5, 5.41) is 5.97. The summed E-state index contributed by atoms with van der Waals surface area (Å²) in [6.45, 7) is 2.09. The molecule has 1 aromatic carbocycles. The molecule has 0 aromatic heterocycles. The van der Waals surface area contributed by atoms with Crippen molar-refractivity contribution in [1.82, 2.24) is 5.32 Å². The highest BCUT2D eigenvalue weighted by atomic mass is 16.2. The van der Waals surface area contributed by atoms with Crippen molar-refractivity contribution in [2.24, 2.45) is 0 Å². The average Bonchev–Trinajstić information content (AvgIpc) is 2.82. The number of urea groups is 1. The van der Waals surface area contributed by atoms with Gasteiger partial charge in [0.05, 0.1) is 0 Å². The maximum atomic E-state index is 11.8. The summed E-state index contributed by atoms with van der Waals surface area (Å²) in [5.74, 6) is 0. The van der Waals surface area contributed by atoms with Crippen LogP contribution in [0.15, 0.2) is 24.3 Å². The molecule has 0 radical (unpaired) electrons. The number of rotatable bonds is 3. The molecule has 1 aromatic rings. The average molecular weight is 232 g/mol. The summed E-state index contributed by atoms with van der Waals surface area (Å²) in [6.07, 6.45) is 5.62. The molecular formula is C14H20N2O. The lowest BCUT2D eigenvalue weighted by atomic mass is 10.1. The van der Waals surface area contributed by atoms with E-state index in [-0.39, 0.29) is 6.03 Å². The van der Waals surface area contributed by atoms with Gasteiger partial charge in [0.15, 0.2) is 0 Å². The summed E-state index contributed by atoms with van der Waals surface area (Å²) < 4.78 is 0. The molecule has 1 aliphatic rings. The van der Waals surface area contributed by atoms with Gasteiger partial charge >= 0.3 is 6.03 Å². The molecule has 0 bridgehead atoms. The number of benzene rings is 1. The Balaban J connectivity index is 1.92. The van der Waals surface area contributed by atoms with Crippen molar-refractivity contribution in [2.45, 2.75) is 45.1 Å². The molecule has 2 rings (SSSR count). The minimum Gasteiger partial charge on any atom is -0.335 e. The summed E-state index contributed by atoms with van der Waals surface area (Å²) in [6, 6.07) is 8.24. The van der Waals surface area contributed by atoms with E-state index in [1.165, 1.54) is 18.4 Å². The van der Waals surface area contributed by atoms with Gasteiger partial charge in [0.2, 0.25) is 0 Å². The van der Waals surface area contributed by atoms with Crippen LogP contribution in [0.5, 0.6) is 0 Å². The number of hydrogen-bond donors (Lipinski definition) is 2. The van der Waals surface area contributed by atoms with Crippen molar-refractivity contribution in [3.05, 3.63) is 29.8 Å². The molecule has 17 heavy (non-hydrogen) atoms. The van der Waals surface area contributed by atoms with Crippen LogP contribution in [0.4, 0.5) is 10.5 Å². The molecule has 0 atom stereocenters. The minimum atomic E-state index is -0.0715. The Hall–Kier alpha value is -1.51. The molecule has 1 saturated carbocycles. The minimum absolute atomic E-state index is 0.0715. The van der Waals surface area contributed by atoms with Gasteiger partial charge in [-0.05, 0) is 30.9 Å². The highest BCUT2D eigenvalue weighted by Crippen LogP contribution is 2.18. The maximum absolute atomic E-state index is 11.8. The highest BCUT2D eigenvalue weighted by Gasteiger charge is 2.17. The molecule has 0 saturated heterocycles. The van der Waals surface area contributed by atoms with E-state index in [9.17, 15) is 4.79 Å². The zero-order valence-corrected chi connectivity index (χ0v) is 10.3. The van der Waals surface area contributed by atoms with Crippen LogP contribution in [0.3, 0.4) is 0 Å². The third-order valence-electron chi connectivity index (χ3n) is 3.34. The van der Waals surface area contributed by atoms with Crippen molar-refractivity contribution < 1.29 is 4.79 Å².